The molecule has 0 heterocycles. The summed E-state index contributed by atoms with van der Waals surface area (Å²) in [7, 11) is 0. The summed E-state index contributed by atoms with van der Waals surface area (Å²) < 4.78 is 0. The summed E-state index contributed by atoms with van der Waals surface area (Å²) in [4.78, 5) is 30.4. The first-order chi connectivity index (χ1) is 12.3. The molecule has 26 heavy (non-hydrogen) atoms. The van der Waals surface area contributed by atoms with Crippen LogP contribution in [0.4, 0.5) is 28.4 Å². The van der Waals surface area contributed by atoms with Crippen molar-refractivity contribution in [3.8, 4) is 0 Å². The largest absolute Gasteiger partial charge is 0.382 e. The Bertz CT molecular complexity index is 875. The molecule has 12 heteroatoms. The minimum absolute atomic E-state index is 0.136. The van der Waals surface area contributed by atoms with E-state index >= 15 is 0 Å². The lowest BCUT2D eigenvalue weighted by Crippen LogP contribution is -2.14. The van der Waals surface area contributed by atoms with Gasteiger partial charge in [0.1, 0.15) is 5.69 Å². The molecule has 11 nitrogen and oxygen atoms in total. The number of anilines is 2. The molecule has 136 valence electrons. The average Bonchev–Trinajstić information content (AvgIpc) is 2.59. The molecule has 0 aromatic heterocycles. The molecule has 0 bridgehead atoms. The van der Waals surface area contributed by atoms with E-state index in [-0.39, 0.29) is 28.6 Å². The lowest BCUT2D eigenvalue weighted by molar-refractivity contribution is -0.393. The highest BCUT2D eigenvalue weighted by atomic mass is 35.5. The van der Waals surface area contributed by atoms with Crippen LogP contribution in [0.1, 0.15) is 0 Å². The molecular formula is C14H12ClN5O6. The molecule has 0 unspecified atom stereocenters. The van der Waals surface area contributed by atoms with Gasteiger partial charge in [-0.2, -0.15) is 0 Å². The summed E-state index contributed by atoms with van der Waals surface area (Å²) in [6.07, 6.45) is 0. The van der Waals surface area contributed by atoms with E-state index in [1.165, 1.54) is 24.3 Å². The van der Waals surface area contributed by atoms with Crippen molar-refractivity contribution in [1.82, 2.24) is 0 Å². The van der Waals surface area contributed by atoms with E-state index in [0.717, 1.165) is 12.1 Å². The highest BCUT2D eigenvalue weighted by molar-refractivity contribution is 6.33. The van der Waals surface area contributed by atoms with E-state index in [1.54, 1.807) is 0 Å². The topological polar surface area (TPSA) is 153 Å². The second-order valence-corrected chi connectivity index (χ2v) is 5.40. The fourth-order valence-corrected chi connectivity index (χ4v) is 2.33. The minimum atomic E-state index is -0.713. The molecule has 0 atom stereocenters. The Kier molecular flexibility index (Phi) is 5.86. The molecule has 2 rings (SSSR count). The predicted molar refractivity (Wildman–Crippen MR) is 94.8 cm³/mol. The van der Waals surface area contributed by atoms with Gasteiger partial charge in [-0.25, -0.2) is 0 Å². The maximum atomic E-state index is 11.0. The quantitative estimate of drug-likeness (QED) is 0.399. The Morgan fingerprint density at radius 1 is 0.769 bits per heavy atom. The van der Waals surface area contributed by atoms with E-state index in [2.05, 4.69) is 10.6 Å². The van der Waals surface area contributed by atoms with Crippen LogP contribution in [0.15, 0.2) is 36.4 Å². The molecule has 0 amide bonds. The van der Waals surface area contributed by atoms with Crippen LogP contribution in [0.25, 0.3) is 0 Å². The van der Waals surface area contributed by atoms with Crippen LogP contribution < -0.4 is 10.6 Å². The predicted octanol–water partition coefficient (Wildman–Crippen LogP) is 3.59. The van der Waals surface area contributed by atoms with Gasteiger partial charge in [-0.15, -0.1) is 0 Å². The fraction of sp³-hybridized carbons (Fsp3) is 0.143. The Hall–Kier alpha value is -3.47. The molecule has 0 aliphatic rings. The Labute approximate surface area is 151 Å². The van der Waals surface area contributed by atoms with E-state index in [1.807, 2.05) is 0 Å². The van der Waals surface area contributed by atoms with Gasteiger partial charge in [0.15, 0.2) is 0 Å². The number of nitrogens with zero attached hydrogens (tertiary/aromatic N) is 3. The van der Waals surface area contributed by atoms with Crippen molar-refractivity contribution in [2.75, 3.05) is 23.7 Å². The number of benzene rings is 2. The molecule has 0 aliphatic carbocycles. The van der Waals surface area contributed by atoms with Crippen LogP contribution in [0.5, 0.6) is 0 Å². The first kappa shape index (κ1) is 18.9. The van der Waals surface area contributed by atoms with Gasteiger partial charge in [-0.05, 0) is 12.1 Å². The highest BCUT2D eigenvalue weighted by Crippen LogP contribution is 2.29. The number of hydrogen-bond acceptors (Lipinski definition) is 8. The zero-order chi connectivity index (χ0) is 19.3. The molecular weight excluding hydrogens is 370 g/mol. The molecule has 2 aromatic carbocycles. The smallest absolute Gasteiger partial charge is 0.299 e. The first-order valence-corrected chi connectivity index (χ1v) is 7.52. The van der Waals surface area contributed by atoms with Crippen LogP contribution in [0.2, 0.25) is 5.02 Å². The van der Waals surface area contributed by atoms with Gasteiger partial charge in [0.05, 0.1) is 31.5 Å². The van der Waals surface area contributed by atoms with Gasteiger partial charge in [0, 0.05) is 31.3 Å². The Balaban J connectivity index is 1.99. The molecule has 0 saturated carbocycles. The Morgan fingerprint density at radius 3 is 1.77 bits per heavy atom. The average molecular weight is 382 g/mol. The summed E-state index contributed by atoms with van der Waals surface area (Å²) in [6.45, 7) is 0.539. The van der Waals surface area contributed by atoms with Crippen molar-refractivity contribution in [1.29, 1.82) is 0 Å². The van der Waals surface area contributed by atoms with Crippen molar-refractivity contribution in [3.05, 3.63) is 71.8 Å². The molecule has 2 N–H and O–H groups in total. The van der Waals surface area contributed by atoms with Gasteiger partial charge < -0.3 is 10.6 Å². The number of halogens is 1. The second-order valence-electron chi connectivity index (χ2n) is 4.99. The summed E-state index contributed by atoms with van der Waals surface area (Å²) in [6, 6.07) is 7.25. The third-order valence-electron chi connectivity index (χ3n) is 3.31. The zero-order valence-electron chi connectivity index (χ0n) is 13.0. The lowest BCUT2D eigenvalue weighted by Gasteiger charge is -2.10. The third-order valence-corrected chi connectivity index (χ3v) is 3.62. The van der Waals surface area contributed by atoms with E-state index in [9.17, 15) is 30.3 Å². The van der Waals surface area contributed by atoms with Crippen molar-refractivity contribution < 1.29 is 14.8 Å². The summed E-state index contributed by atoms with van der Waals surface area (Å²) >= 11 is 5.94. The van der Waals surface area contributed by atoms with E-state index in [4.69, 9.17) is 11.6 Å². The Morgan fingerprint density at radius 2 is 1.27 bits per heavy atom. The van der Waals surface area contributed by atoms with Crippen molar-refractivity contribution in [3.63, 3.8) is 0 Å². The van der Waals surface area contributed by atoms with Crippen LogP contribution in [0, 0.1) is 30.3 Å². The summed E-state index contributed by atoms with van der Waals surface area (Å²) in [5, 5.41) is 38.3. The van der Waals surface area contributed by atoms with E-state index < -0.39 is 20.5 Å². The number of rotatable bonds is 8. The van der Waals surface area contributed by atoms with Crippen LogP contribution in [0.3, 0.4) is 0 Å². The number of nitro groups is 3. The highest BCUT2D eigenvalue weighted by Gasteiger charge is 2.19. The second kappa shape index (κ2) is 8.07. The molecule has 0 fully saturated rings. The number of non-ortho nitro benzene ring substituents is 2. The van der Waals surface area contributed by atoms with Crippen molar-refractivity contribution in [2.45, 2.75) is 0 Å². The number of hydrogen-bond donors (Lipinski definition) is 2. The SMILES string of the molecule is O=[N+]([O-])c1ccc(NCCNc2ccc([N+](=O)[O-])cc2[N+](=O)[O-])c(Cl)c1. The van der Waals surface area contributed by atoms with Crippen LogP contribution in [-0.4, -0.2) is 27.9 Å². The van der Waals surface area contributed by atoms with Gasteiger partial charge in [0.2, 0.25) is 0 Å². The van der Waals surface area contributed by atoms with Crippen LogP contribution in [-0.2, 0) is 0 Å². The van der Waals surface area contributed by atoms with Crippen molar-refractivity contribution in [2.24, 2.45) is 0 Å². The van der Waals surface area contributed by atoms with Gasteiger partial charge in [-0.1, -0.05) is 11.6 Å². The maximum absolute atomic E-state index is 11.0. The normalized spacial score (nSPS) is 10.2. The van der Waals surface area contributed by atoms with Gasteiger partial charge in [-0.3, -0.25) is 30.3 Å². The number of nitrogens with one attached hydrogen (secondary N) is 2. The standard InChI is InChI=1S/C14H12ClN5O6/c15-11-7-9(18(21)22)1-3-12(11)16-5-6-17-13-4-2-10(19(23)24)8-14(13)20(25)26/h1-4,7-8,16-17H,5-6H2. The van der Waals surface area contributed by atoms with E-state index in [0.29, 0.717) is 12.2 Å². The molecule has 0 aliphatic heterocycles. The molecule has 0 saturated heterocycles. The third kappa shape index (κ3) is 4.54. The number of nitro benzene ring substituents is 3. The van der Waals surface area contributed by atoms with Crippen LogP contribution >= 0.6 is 11.6 Å². The first-order valence-electron chi connectivity index (χ1n) is 7.14. The fourth-order valence-electron chi connectivity index (χ4n) is 2.09. The zero-order valence-corrected chi connectivity index (χ0v) is 13.8. The monoisotopic (exact) mass is 381 g/mol. The molecule has 0 radical (unpaired) electrons. The van der Waals surface area contributed by atoms with Gasteiger partial charge >= 0.3 is 0 Å². The molecule has 0 spiro atoms. The lowest BCUT2D eigenvalue weighted by atomic mass is 10.2. The maximum Gasteiger partial charge on any atom is 0.299 e. The molecule has 2 aromatic rings. The summed E-state index contributed by atoms with van der Waals surface area (Å²) in [5.74, 6) is 0. The van der Waals surface area contributed by atoms with Crippen molar-refractivity contribution >= 4 is 40.0 Å². The summed E-state index contributed by atoms with van der Waals surface area (Å²) in [5.41, 5.74) is -0.319. The minimum Gasteiger partial charge on any atom is -0.382 e. The van der Waals surface area contributed by atoms with Gasteiger partial charge in [0.25, 0.3) is 17.1 Å².